The minimum absolute atomic E-state index is 0.0122. The zero-order valence-electron chi connectivity index (χ0n) is 26.4. The second-order valence-corrected chi connectivity index (χ2v) is 9.61. The summed E-state index contributed by atoms with van der Waals surface area (Å²) in [4.78, 5) is 0. The van der Waals surface area contributed by atoms with Crippen LogP contribution in [0.4, 0.5) is 0 Å². The first kappa shape index (κ1) is 43.4. The molecule has 24 nitrogen and oxygen atoms in total. The lowest BCUT2D eigenvalue weighted by molar-refractivity contribution is -0.194. The van der Waals surface area contributed by atoms with Crippen LogP contribution in [0.25, 0.3) is 0 Å². The maximum absolute atomic E-state index is 9.49. The maximum atomic E-state index is 9.49. The van der Waals surface area contributed by atoms with Crippen LogP contribution in [-0.2, 0) is 28.4 Å². The van der Waals surface area contributed by atoms with Gasteiger partial charge in [-0.2, -0.15) is 0 Å². The second-order valence-electron chi connectivity index (χ2n) is 9.61. The Bertz CT molecular complexity index is 968. The average molecular weight is 697 g/mol. The van der Waals surface area contributed by atoms with Gasteiger partial charge >= 0.3 is 0 Å². The molecule has 0 aliphatic heterocycles. The van der Waals surface area contributed by atoms with Crippen LogP contribution in [0, 0.1) is 0 Å². The molecule has 0 bridgehead atoms. The molecular weight excluding hydrogens is 648 g/mol. The molecule has 2 radical (unpaired) electrons. The molecule has 0 heterocycles. The van der Waals surface area contributed by atoms with Gasteiger partial charge < -0.3 is 88.3 Å². The molecule has 0 aromatic heterocycles. The number of rotatable bonds is 29. The van der Waals surface area contributed by atoms with Gasteiger partial charge in [0.25, 0.3) is 0 Å². The average Bonchev–Trinajstić information content (AvgIpc) is 3.10. The van der Waals surface area contributed by atoms with Gasteiger partial charge in [0.15, 0.2) is 5.84 Å². The molecule has 4 unspecified atom stereocenters. The highest BCUT2D eigenvalue weighted by atomic mass is 16.6. The number of ether oxygens (including phenoxy) is 6. The van der Waals surface area contributed by atoms with Gasteiger partial charge in [0.1, 0.15) is 53.6 Å². The molecule has 0 aromatic rings. The van der Waals surface area contributed by atoms with E-state index in [2.05, 4.69) is 30.9 Å². The highest BCUT2D eigenvalue weighted by Gasteiger charge is 2.39. The molecule has 0 aliphatic rings. The molecule has 276 valence electrons. The van der Waals surface area contributed by atoms with Gasteiger partial charge in [-0.05, 0) is 0 Å². The first-order valence-electron chi connectivity index (χ1n) is 14.4. The van der Waals surface area contributed by atoms with Gasteiger partial charge in [0.05, 0.1) is 52.9 Å². The van der Waals surface area contributed by atoms with E-state index < -0.39 is 30.3 Å². The van der Waals surface area contributed by atoms with Crippen molar-refractivity contribution >= 4 is 35.0 Å². The smallest absolute Gasteiger partial charge is 0.192 e. The first-order valence-corrected chi connectivity index (χ1v) is 14.4. The van der Waals surface area contributed by atoms with Crippen molar-refractivity contribution in [2.45, 2.75) is 62.9 Å². The monoisotopic (exact) mass is 696 g/mol. The summed E-state index contributed by atoms with van der Waals surface area (Å²) in [5.74, 6) is -1.26. The fourth-order valence-corrected chi connectivity index (χ4v) is 3.57. The molecule has 16 N–H and O–H groups in total. The van der Waals surface area contributed by atoms with Crippen molar-refractivity contribution in [1.29, 1.82) is 0 Å². The van der Waals surface area contributed by atoms with Crippen LogP contribution in [0.5, 0.6) is 0 Å². The summed E-state index contributed by atoms with van der Waals surface area (Å²) < 4.78 is 35.8. The Labute approximate surface area is 276 Å². The van der Waals surface area contributed by atoms with E-state index in [9.17, 15) is 5.73 Å². The second kappa shape index (κ2) is 27.5. The number of hydrogen-bond donors (Lipinski definition) is 11. The van der Waals surface area contributed by atoms with Crippen molar-refractivity contribution in [3.63, 3.8) is 0 Å². The van der Waals surface area contributed by atoms with Crippen molar-refractivity contribution in [2.75, 3.05) is 52.9 Å². The minimum atomic E-state index is -1.14. The lowest BCUT2D eigenvalue weighted by atomic mass is 10.0. The van der Waals surface area contributed by atoms with E-state index in [1.807, 2.05) is 0 Å². The van der Waals surface area contributed by atoms with E-state index >= 15 is 0 Å². The molecule has 48 heavy (non-hydrogen) atoms. The summed E-state index contributed by atoms with van der Waals surface area (Å²) in [5.41, 5.74) is 37.5. The Morgan fingerprint density at radius 2 is 0.729 bits per heavy atom. The molecule has 4 atom stereocenters. The van der Waals surface area contributed by atoms with Gasteiger partial charge in [-0.15, -0.1) is 5.73 Å². The van der Waals surface area contributed by atoms with Crippen molar-refractivity contribution < 1.29 is 59.7 Å². The van der Waals surface area contributed by atoms with E-state index in [1.54, 1.807) is 0 Å². The summed E-state index contributed by atoms with van der Waals surface area (Å²) in [6.45, 7) is -1.09. The molecule has 0 saturated heterocycles. The van der Waals surface area contributed by atoms with Crippen LogP contribution in [-0.4, -0.2) is 144 Å². The van der Waals surface area contributed by atoms with Gasteiger partial charge in [0, 0.05) is 38.5 Å². The molecule has 0 amide bonds. The van der Waals surface area contributed by atoms with Crippen LogP contribution in [0.2, 0.25) is 0 Å². The standard InChI is InChI=1S/C24H48N12O12/c25-17(31-37)1-7-43-13-15(45-9-3-19(27)33-39)23(47-11-5-21(29)35-41)24(48-12-6-22(30)36-42)16(46-10-4-20(28)34-40)14-44-8-2-18(26)32-38/h15-16,23-24,37-42H,1-14H2,(H2,25,31)(H2,27,33)(H2,28,34)(H2,29,35)(H2,30,36)/b32-18-. The highest BCUT2D eigenvalue weighted by Crippen LogP contribution is 2.21. The van der Waals surface area contributed by atoms with Crippen molar-refractivity contribution in [1.82, 2.24) is 5.73 Å². The summed E-state index contributed by atoms with van der Waals surface area (Å²) in [6, 6.07) is 0. The summed E-state index contributed by atoms with van der Waals surface area (Å²) in [6.07, 6.45) is -4.57. The molecule has 0 rings (SSSR count). The topological polar surface area (TPSA) is 403 Å². The lowest BCUT2D eigenvalue weighted by Crippen LogP contribution is -2.53. The van der Waals surface area contributed by atoms with Gasteiger partial charge in [-0.25, -0.2) is 0 Å². The Morgan fingerprint density at radius 3 is 1.04 bits per heavy atom. The molecule has 0 aromatic carbocycles. The Morgan fingerprint density at radius 1 is 0.438 bits per heavy atom. The summed E-state index contributed by atoms with van der Waals surface area (Å²) >= 11 is 0. The number of amidine groups is 6. The van der Waals surface area contributed by atoms with Crippen LogP contribution in [0.15, 0.2) is 30.9 Å². The summed E-state index contributed by atoms with van der Waals surface area (Å²) in [7, 11) is 0. The zero-order chi connectivity index (χ0) is 36.2. The minimum Gasteiger partial charge on any atom is -0.409 e. The van der Waals surface area contributed by atoms with E-state index in [0.29, 0.717) is 0 Å². The quantitative estimate of drug-likeness (QED) is 0.0126. The third-order valence-corrected chi connectivity index (χ3v) is 6.07. The summed E-state index contributed by atoms with van der Waals surface area (Å²) in [5, 5.41) is 70.9. The number of hydrogen-bond acceptors (Lipinski definition) is 18. The third-order valence-electron chi connectivity index (χ3n) is 6.07. The molecular formula is C24H48N12O12. The number of nitrogens with zero attached hydrogens (tertiary/aromatic N) is 7. The van der Waals surface area contributed by atoms with Crippen molar-refractivity contribution in [3.05, 3.63) is 0 Å². The van der Waals surface area contributed by atoms with Crippen LogP contribution >= 0.6 is 0 Å². The largest absolute Gasteiger partial charge is 0.409 e. The molecule has 0 saturated carbocycles. The highest BCUT2D eigenvalue weighted by molar-refractivity contribution is 5.81. The van der Waals surface area contributed by atoms with E-state index in [0.717, 1.165) is 0 Å². The van der Waals surface area contributed by atoms with E-state index in [-0.39, 0.29) is 121 Å². The van der Waals surface area contributed by atoms with Crippen molar-refractivity contribution in [3.8, 4) is 0 Å². The van der Waals surface area contributed by atoms with Gasteiger partial charge in [-0.3, -0.25) is 0 Å². The van der Waals surface area contributed by atoms with Crippen LogP contribution < -0.4 is 34.4 Å². The van der Waals surface area contributed by atoms with Crippen LogP contribution in [0.3, 0.4) is 0 Å². The van der Waals surface area contributed by atoms with Crippen molar-refractivity contribution in [2.24, 2.45) is 59.6 Å². The third kappa shape index (κ3) is 20.5. The number of nitrogens with two attached hydrogens (primary N) is 5. The van der Waals surface area contributed by atoms with Gasteiger partial charge in [0.2, 0.25) is 0 Å². The predicted octanol–water partition coefficient (Wildman–Crippen LogP) is -2.51. The van der Waals surface area contributed by atoms with Crippen LogP contribution in [0.1, 0.15) is 38.5 Å². The predicted molar refractivity (Wildman–Crippen MR) is 167 cm³/mol. The SMILES string of the molecule is [N]/C(CCOCC(OCC/C(N)=N/O)C(OCC/C(N)=N/O)C(OCC/C(N)=N/O)C(COCC/C(N)=N/O)OCC/C(N)=N/O)=N\O. The van der Waals surface area contributed by atoms with Gasteiger partial charge in [-0.1, -0.05) is 30.9 Å². The Hall–Kier alpha value is -4.62. The number of oxime groups is 6. The van der Waals surface area contributed by atoms with E-state index in [1.165, 1.54) is 0 Å². The molecule has 24 heteroatoms. The molecule has 0 fully saturated rings. The first-order chi connectivity index (χ1) is 23.1. The van der Waals surface area contributed by atoms with E-state index in [4.69, 9.17) is 88.3 Å². The maximum Gasteiger partial charge on any atom is 0.192 e. The Kier molecular flexibility index (Phi) is 24.8. The fourth-order valence-electron chi connectivity index (χ4n) is 3.57. The fraction of sp³-hybridized carbons (Fsp3) is 0.750. The Balaban J connectivity index is 6.69. The molecule has 0 spiro atoms. The molecule has 0 aliphatic carbocycles. The normalized spacial score (nSPS) is 16.5. The zero-order valence-corrected chi connectivity index (χ0v) is 26.4. The lowest BCUT2D eigenvalue weighted by Gasteiger charge is -2.37.